The zero-order valence-corrected chi connectivity index (χ0v) is 25.6. The maximum Gasteiger partial charge on any atom is 0.220 e. The zero-order chi connectivity index (χ0) is 30.6. The number of amides is 1. The van der Waals surface area contributed by atoms with E-state index in [0.29, 0.717) is 36.3 Å². The lowest BCUT2D eigenvalue weighted by molar-refractivity contribution is -0.121. The normalized spacial score (nSPS) is 10.3. The molecule has 0 unspecified atom stereocenters. The molecule has 1 amide bonds. The van der Waals surface area contributed by atoms with E-state index in [4.69, 9.17) is 9.84 Å². The first-order chi connectivity index (χ1) is 19.6. The average Bonchev–Trinajstić information content (AvgIpc) is 2.96. The van der Waals surface area contributed by atoms with E-state index in [1.807, 2.05) is 49.4 Å². The summed E-state index contributed by atoms with van der Waals surface area (Å²) in [4.78, 5) is 11.8. The highest BCUT2D eigenvalue weighted by atomic mass is 16.5. The molecule has 3 aromatic rings. The van der Waals surface area contributed by atoms with Crippen LogP contribution in [0.15, 0.2) is 78.9 Å². The molecule has 3 aromatic carbocycles. The van der Waals surface area contributed by atoms with E-state index in [9.17, 15) is 15.0 Å². The molecule has 0 heterocycles. The van der Waals surface area contributed by atoms with Gasteiger partial charge >= 0.3 is 0 Å². The van der Waals surface area contributed by atoms with Gasteiger partial charge in [-0.2, -0.15) is 0 Å². The van der Waals surface area contributed by atoms with Crippen LogP contribution in [0.5, 0.6) is 17.2 Å². The molecule has 0 spiro atoms. The monoisotopic (exact) mass is 579 g/mol. The van der Waals surface area contributed by atoms with E-state index in [0.717, 1.165) is 36.0 Å². The Hall–Kier alpha value is -3.77. The lowest BCUT2D eigenvalue weighted by atomic mass is 10.0. The van der Waals surface area contributed by atoms with Crippen LogP contribution in [0.3, 0.4) is 0 Å². The summed E-state index contributed by atoms with van der Waals surface area (Å²) in [6, 6.07) is 20.4. The number of methoxy groups -OCH3 is 1. The molecule has 0 aliphatic heterocycles. The first-order valence-electron chi connectivity index (χ1n) is 14.3. The second-order valence-corrected chi connectivity index (χ2v) is 10.5. The van der Waals surface area contributed by atoms with E-state index >= 15 is 0 Å². The summed E-state index contributed by atoms with van der Waals surface area (Å²) in [5.41, 5.74) is 4.00. The Balaban J connectivity index is 0.000000693. The van der Waals surface area contributed by atoms with E-state index in [-0.39, 0.29) is 25.7 Å². The topological polar surface area (TPSA) is 99.0 Å². The number of carbonyl (C=O) groups is 1. The number of ether oxygens (including phenoxy) is 1. The Morgan fingerprint density at radius 3 is 2.14 bits per heavy atom. The van der Waals surface area contributed by atoms with Gasteiger partial charge in [0.05, 0.1) is 13.7 Å². The Bertz CT molecular complexity index is 1170. The second kappa shape index (κ2) is 21.9. The Kier molecular flexibility index (Phi) is 19.9. The molecule has 0 fully saturated rings. The van der Waals surface area contributed by atoms with Gasteiger partial charge in [0.15, 0.2) is 11.5 Å². The molecule has 0 radical (unpaired) electrons. The summed E-state index contributed by atoms with van der Waals surface area (Å²) < 4.78 is 5.04. The molecule has 3 rings (SSSR count). The van der Waals surface area contributed by atoms with Gasteiger partial charge in [0.1, 0.15) is 5.75 Å². The van der Waals surface area contributed by atoms with Crippen LogP contribution in [0.25, 0.3) is 0 Å². The van der Waals surface area contributed by atoms with E-state index in [2.05, 4.69) is 51.2 Å². The van der Waals surface area contributed by atoms with Crippen LogP contribution in [0.1, 0.15) is 89.0 Å². The fraction of sp³-hybridized carbons (Fsp3) is 0.417. The summed E-state index contributed by atoms with van der Waals surface area (Å²) in [5, 5.41) is 30.3. The van der Waals surface area contributed by atoms with Crippen LogP contribution in [0.2, 0.25) is 0 Å². The molecule has 6 heteroatoms. The highest BCUT2D eigenvalue weighted by molar-refractivity contribution is 5.75. The van der Waals surface area contributed by atoms with Gasteiger partial charge < -0.3 is 25.4 Å². The Labute approximate surface area is 254 Å². The van der Waals surface area contributed by atoms with Gasteiger partial charge in [-0.1, -0.05) is 95.8 Å². The minimum absolute atomic E-state index is 0. The molecule has 0 saturated carbocycles. The molecular formula is C36H53NO5. The molecule has 0 saturated heterocycles. The van der Waals surface area contributed by atoms with Crippen molar-refractivity contribution in [2.75, 3.05) is 7.11 Å². The number of phenols is 2. The molecule has 232 valence electrons. The third-order valence-electron chi connectivity index (χ3n) is 6.20. The van der Waals surface area contributed by atoms with Crippen molar-refractivity contribution in [1.82, 2.24) is 5.32 Å². The maximum atomic E-state index is 11.8. The summed E-state index contributed by atoms with van der Waals surface area (Å²) in [6.45, 7) is 11.0. The highest BCUT2D eigenvalue weighted by Gasteiger charge is 2.05. The number of carbonyl (C=O) groups excluding carboxylic acids is 1. The molecule has 42 heavy (non-hydrogen) atoms. The lowest BCUT2D eigenvalue weighted by Crippen LogP contribution is -2.22. The third-order valence-corrected chi connectivity index (χ3v) is 6.20. The van der Waals surface area contributed by atoms with Crippen molar-refractivity contribution in [2.24, 2.45) is 5.92 Å². The van der Waals surface area contributed by atoms with Gasteiger partial charge in [-0.25, -0.2) is 0 Å². The summed E-state index contributed by atoms with van der Waals surface area (Å²) >= 11 is 0. The van der Waals surface area contributed by atoms with Crippen molar-refractivity contribution < 1.29 is 24.9 Å². The van der Waals surface area contributed by atoms with Crippen molar-refractivity contribution in [2.45, 2.75) is 86.8 Å². The van der Waals surface area contributed by atoms with Crippen LogP contribution in [0, 0.1) is 12.8 Å². The summed E-state index contributed by atoms with van der Waals surface area (Å²) in [7, 11) is 1.51. The van der Waals surface area contributed by atoms with Crippen molar-refractivity contribution >= 4 is 5.91 Å². The molecule has 6 nitrogen and oxygen atoms in total. The van der Waals surface area contributed by atoms with Gasteiger partial charge in [-0.05, 0) is 78.5 Å². The average molecular weight is 580 g/mol. The summed E-state index contributed by atoms with van der Waals surface area (Å²) in [6.07, 6.45) is 7.88. The highest BCUT2D eigenvalue weighted by Crippen LogP contribution is 2.26. The van der Waals surface area contributed by atoms with Crippen LogP contribution in [-0.4, -0.2) is 28.3 Å². The van der Waals surface area contributed by atoms with Crippen LogP contribution in [-0.2, 0) is 17.9 Å². The van der Waals surface area contributed by atoms with Crippen LogP contribution in [0.4, 0.5) is 0 Å². The predicted molar refractivity (Wildman–Crippen MR) is 175 cm³/mol. The van der Waals surface area contributed by atoms with Gasteiger partial charge in [-0.15, -0.1) is 0 Å². The fourth-order valence-electron chi connectivity index (χ4n) is 3.61. The van der Waals surface area contributed by atoms with Gasteiger partial charge in [-0.3, -0.25) is 4.79 Å². The molecule has 0 aliphatic rings. The number of hydrogen-bond donors (Lipinski definition) is 4. The number of nitrogens with one attached hydrogen (secondary N) is 1. The van der Waals surface area contributed by atoms with Crippen molar-refractivity contribution in [3.8, 4) is 17.2 Å². The number of benzene rings is 3. The number of aryl methyl sites for hydroxylation is 1. The zero-order valence-electron chi connectivity index (χ0n) is 25.6. The van der Waals surface area contributed by atoms with E-state index < -0.39 is 0 Å². The first-order valence-corrected chi connectivity index (χ1v) is 14.3. The smallest absolute Gasteiger partial charge is 0.220 e. The second-order valence-electron chi connectivity index (χ2n) is 10.5. The predicted octanol–water partition coefficient (Wildman–Crippen LogP) is 8.43. The van der Waals surface area contributed by atoms with Crippen LogP contribution < -0.4 is 10.1 Å². The molecular weight excluding hydrogens is 526 g/mol. The van der Waals surface area contributed by atoms with Gasteiger partial charge in [0.2, 0.25) is 5.91 Å². The lowest BCUT2D eigenvalue weighted by Gasteiger charge is -2.08. The Morgan fingerprint density at radius 2 is 1.60 bits per heavy atom. The van der Waals surface area contributed by atoms with Crippen LogP contribution >= 0.6 is 0 Å². The van der Waals surface area contributed by atoms with Gasteiger partial charge in [0.25, 0.3) is 0 Å². The SMILES string of the molecule is C.COc1cc(CNC(=O)CCCC/C=C/C(C)C)ccc1O.Cc1ccc(C(C)C)cc1O.OCc1ccccc1. The van der Waals surface area contributed by atoms with Crippen molar-refractivity contribution in [3.05, 3.63) is 101 Å². The van der Waals surface area contributed by atoms with Gasteiger partial charge in [0, 0.05) is 13.0 Å². The number of aliphatic hydroxyl groups excluding tert-OH is 1. The number of aromatic hydroxyl groups is 2. The standard InChI is InChI=1S/C18H27NO3.C10H14O.C7H8O.CH4/c1-14(2)8-6-4-5-7-9-18(21)19-13-15-10-11-16(20)17(12-15)22-3;1-7(2)9-5-4-8(3)10(11)6-9;8-6-7-4-2-1-3-5-7;/h6,8,10-12,14,20H,4-5,7,9,13H2,1-3H3,(H,19,21);4-7,11H,1-3H3;1-5,8H,6H2;1H4/b8-6+;;;. The minimum atomic E-state index is 0. The Morgan fingerprint density at radius 1 is 0.905 bits per heavy atom. The van der Waals surface area contributed by atoms with E-state index in [1.54, 1.807) is 18.2 Å². The number of hydrogen-bond acceptors (Lipinski definition) is 5. The molecule has 0 aromatic heterocycles. The maximum absolute atomic E-state index is 11.8. The summed E-state index contributed by atoms with van der Waals surface area (Å²) in [5.74, 6) is 2.05. The number of aliphatic hydroxyl groups is 1. The quantitative estimate of drug-likeness (QED) is 0.135. The van der Waals surface area contributed by atoms with Crippen molar-refractivity contribution in [3.63, 3.8) is 0 Å². The number of unbranched alkanes of at least 4 members (excludes halogenated alkanes) is 2. The fourth-order valence-corrected chi connectivity index (χ4v) is 3.61. The molecule has 0 atom stereocenters. The first kappa shape index (κ1) is 38.2. The molecule has 4 N–H and O–H groups in total. The largest absolute Gasteiger partial charge is 0.508 e. The minimum Gasteiger partial charge on any atom is -0.508 e. The van der Waals surface area contributed by atoms with Crippen molar-refractivity contribution in [1.29, 1.82) is 0 Å². The third kappa shape index (κ3) is 16.5. The van der Waals surface area contributed by atoms with E-state index in [1.165, 1.54) is 12.7 Å². The number of phenolic OH excluding ortho intramolecular Hbond substituents is 2. The molecule has 0 bridgehead atoms. The number of allylic oxidation sites excluding steroid dienone is 2. The number of rotatable bonds is 11. The molecule has 0 aliphatic carbocycles.